The quantitative estimate of drug-likeness (QED) is 0.701. The van der Waals surface area contributed by atoms with Crippen LogP contribution in [0.4, 0.5) is 8.78 Å². The van der Waals surface area contributed by atoms with Gasteiger partial charge < -0.3 is 9.74 Å². The van der Waals surface area contributed by atoms with Gasteiger partial charge in [-0.15, -0.1) is 0 Å². The summed E-state index contributed by atoms with van der Waals surface area (Å²) in [6, 6.07) is 12.6. The molecule has 0 spiro atoms. The summed E-state index contributed by atoms with van der Waals surface area (Å²) < 4.78 is 27.5. The molecule has 0 N–H and O–H groups in total. The van der Waals surface area contributed by atoms with E-state index in [0.717, 1.165) is 0 Å². The lowest BCUT2D eigenvalue weighted by Crippen LogP contribution is -2.37. The van der Waals surface area contributed by atoms with Crippen molar-refractivity contribution in [2.75, 3.05) is 6.54 Å². The van der Waals surface area contributed by atoms with Gasteiger partial charge in [0.05, 0.1) is 12.3 Å². The summed E-state index contributed by atoms with van der Waals surface area (Å²) in [4.78, 5) is 19.9. The number of hydrogen-bond donors (Lipinski definition) is 0. The molecule has 28 heavy (non-hydrogen) atoms. The molecule has 0 saturated carbocycles. The van der Waals surface area contributed by atoms with Gasteiger partial charge in [0.25, 0.3) is 0 Å². The lowest BCUT2D eigenvalue weighted by Gasteiger charge is -2.26. The fourth-order valence-electron chi connectivity index (χ4n) is 3.21. The number of rotatable bonds is 7. The predicted octanol–water partition coefficient (Wildman–Crippen LogP) is 4.53. The molecule has 0 fully saturated rings. The Morgan fingerprint density at radius 1 is 1.21 bits per heavy atom. The average Bonchev–Trinajstić information content (AvgIpc) is 3.09. The molecule has 4 nitrogen and oxygen atoms in total. The molecule has 6 heteroatoms. The first-order chi connectivity index (χ1) is 13.4. The lowest BCUT2D eigenvalue weighted by molar-refractivity contribution is -0.134. The smallest absolute Gasteiger partial charge is 0.223 e. The summed E-state index contributed by atoms with van der Waals surface area (Å²) in [6.45, 7) is 4.55. The van der Waals surface area contributed by atoms with Crippen LogP contribution in [0.3, 0.4) is 0 Å². The van der Waals surface area contributed by atoms with E-state index in [1.54, 1.807) is 35.2 Å². The minimum absolute atomic E-state index is 0.0257. The normalized spacial score (nSPS) is 16.0. The van der Waals surface area contributed by atoms with Crippen LogP contribution in [-0.4, -0.2) is 29.2 Å². The summed E-state index contributed by atoms with van der Waals surface area (Å²) in [5.74, 6) is -0.506. The van der Waals surface area contributed by atoms with Crippen LogP contribution in [0.1, 0.15) is 37.8 Å². The van der Waals surface area contributed by atoms with E-state index in [-0.39, 0.29) is 36.1 Å². The SMILES string of the molecule is CC(C)CC(=O)N(Cc1cccc(F)c1)C[C@H]1CC(c2ccccc2F)=NO1. The van der Waals surface area contributed by atoms with E-state index < -0.39 is 0 Å². The Labute approximate surface area is 163 Å². The minimum atomic E-state index is -0.362. The van der Waals surface area contributed by atoms with E-state index in [1.165, 1.54) is 18.2 Å². The summed E-state index contributed by atoms with van der Waals surface area (Å²) in [5.41, 5.74) is 1.66. The number of carbonyl (C=O) groups is 1. The van der Waals surface area contributed by atoms with Crippen LogP contribution in [0.2, 0.25) is 0 Å². The molecule has 3 rings (SSSR count). The molecule has 2 aromatic rings. The number of oxime groups is 1. The second-order valence-corrected chi connectivity index (χ2v) is 7.45. The van der Waals surface area contributed by atoms with Crippen molar-refractivity contribution in [1.29, 1.82) is 0 Å². The first-order valence-corrected chi connectivity index (χ1v) is 9.42. The molecule has 0 aromatic heterocycles. The maximum Gasteiger partial charge on any atom is 0.223 e. The Bertz CT molecular complexity index is 867. The number of halogens is 2. The van der Waals surface area contributed by atoms with Gasteiger partial charge in [-0.05, 0) is 29.7 Å². The topological polar surface area (TPSA) is 41.9 Å². The first kappa shape index (κ1) is 20.0. The van der Waals surface area contributed by atoms with Crippen molar-refractivity contribution in [2.24, 2.45) is 11.1 Å². The standard InChI is InChI=1S/C22H24F2N2O2/c1-15(2)10-22(27)26(13-16-6-5-7-17(23)11-16)14-18-12-21(25-28-18)19-8-3-4-9-20(19)24/h3-9,11,15,18H,10,12-14H2,1-2H3/t18-/m1/s1. The molecular weight excluding hydrogens is 362 g/mol. The molecule has 1 aliphatic heterocycles. The molecule has 1 amide bonds. The maximum absolute atomic E-state index is 14.0. The molecule has 1 atom stereocenters. The zero-order valence-corrected chi connectivity index (χ0v) is 16.1. The van der Waals surface area contributed by atoms with Gasteiger partial charge >= 0.3 is 0 Å². The molecule has 1 aliphatic rings. The minimum Gasteiger partial charge on any atom is -0.390 e. The number of nitrogens with zero attached hydrogens (tertiary/aromatic N) is 2. The first-order valence-electron chi connectivity index (χ1n) is 9.42. The largest absolute Gasteiger partial charge is 0.390 e. The van der Waals surface area contributed by atoms with E-state index in [9.17, 15) is 13.6 Å². The third kappa shape index (κ3) is 5.15. The Hall–Kier alpha value is -2.76. The van der Waals surface area contributed by atoms with Crippen molar-refractivity contribution in [2.45, 2.75) is 39.3 Å². The van der Waals surface area contributed by atoms with Crippen molar-refractivity contribution >= 4 is 11.6 Å². The average molecular weight is 386 g/mol. The third-order valence-corrected chi connectivity index (χ3v) is 4.54. The summed E-state index contributed by atoms with van der Waals surface area (Å²) in [5, 5.41) is 4.02. The maximum atomic E-state index is 14.0. The Morgan fingerprint density at radius 2 is 2.00 bits per heavy atom. The zero-order chi connectivity index (χ0) is 20.1. The lowest BCUT2D eigenvalue weighted by atomic mass is 10.0. The zero-order valence-electron chi connectivity index (χ0n) is 16.1. The molecule has 0 saturated heterocycles. The Balaban J connectivity index is 1.69. The number of benzene rings is 2. The molecule has 1 heterocycles. The van der Waals surface area contributed by atoms with Gasteiger partial charge in [-0.1, -0.05) is 49.3 Å². The van der Waals surface area contributed by atoms with Gasteiger partial charge in [0.2, 0.25) is 5.91 Å². The van der Waals surface area contributed by atoms with Crippen LogP contribution in [0.15, 0.2) is 53.7 Å². The van der Waals surface area contributed by atoms with E-state index in [2.05, 4.69) is 5.16 Å². The van der Waals surface area contributed by atoms with Crippen molar-refractivity contribution in [3.05, 3.63) is 71.3 Å². The number of hydrogen-bond acceptors (Lipinski definition) is 3. The van der Waals surface area contributed by atoms with Gasteiger partial charge in [-0.3, -0.25) is 4.79 Å². The molecular formula is C22H24F2N2O2. The molecule has 2 aromatic carbocycles. The molecule has 0 aliphatic carbocycles. The van der Waals surface area contributed by atoms with Crippen LogP contribution < -0.4 is 0 Å². The highest BCUT2D eigenvalue weighted by molar-refractivity contribution is 6.01. The summed E-state index contributed by atoms with van der Waals surface area (Å²) in [7, 11) is 0. The van der Waals surface area contributed by atoms with Crippen molar-refractivity contribution in [3.8, 4) is 0 Å². The Morgan fingerprint density at radius 3 is 2.71 bits per heavy atom. The predicted molar refractivity (Wildman–Crippen MR) is 104 cm³/mol. The van der Waals surface area contributed by atoms with Crippen molar-refractivity contribution in [1.82, 2.24) is 4.90 Å². The van der Waals surface area contributed by atoms with Crippen LogP contribution in [0, 0.1) is 17.6 Å². The third-order valence-electron chi connectivity index (χ3n) is 4.54. The summed E-state index contributed by atoms with van der Waals surface area (Å²) in [6.07, 6.45) is 0.442. The van der Waals surface area contributed by atoms with E-state index in [0.29, 0.717) is 36.2 Å². The number of amides is 1. The van der Waals surface area contributed by atoms with Crippen molar-refractivity contribution in [3.63, 3.8) is 0 Å². The fourth-order valence-corrected chi connectivity index (χ4v) is 3.21. The molecule has 0 unspecified atom stereocenters. The van der Waals surface area contributed by atoms with Crippen LogP contribution in [0.5, 0.6) is 0 Å². The second-order valence-electron chi connectivity index (χ2n) is 7.45. The van der Waals surface area contributed by atoms with Crippen LogP contribution in [0.25, 0.3) is 0 Å². The van der Waals surface area contributed by atoms with E-state index in [1.807, 2.05) is 13.8 Å². The van der Waals surface area contributed by atoms with E-state index >= 15 is 0 Å². The second kappa shape index (κ2) is 8.95. The van der Waals surface area contributed by atoms with Gasteiger partial charge in [0.15, 0.2) is 6.10 Å². The molecule has 148 valence electrons. The van der Waals surface area contributed by atoms with Gasteiger partial charge in [-0.25, -0.2) is 8.78 Å². The van der Waals surface area contributed by atoms with Gasteiger partial charge in [0, 0.05) is 24.9 Å². The highest BCUT2D eigenvalue weighted by Crippen LogP contribution is 2.21. The van der Waals surface area contributed by atoms with Crippen molar-refractivity contribution < 1.29 is 18.4 Å². The monoisotopic (exact) mass is 386 g/mol. The molecule has 0 radical (unpaired) electrons. The highest BCUT2D eigenvalue weighted by Gasteiger charge is 2.28. The summed E-state index contributed by atoms with van der Waals surface area (Å²) >= 11 is 0. The van der Waals surface area contributed by atoms with Crippen LogP contribution >= 0.6 is 0 Å². The van der Waals surface area contributed by atoms with Crippen LogP contribution in [-0.2, 0) is 16.2 Å². The van der Waals surface area contributed by atoms with Gasteiger partial charge in [0.1, 0.15) is 11.6 Å². The highest BCUT2D eigenvalue weighted by atomic mass is 19.1. The molecule has 0 bridgehead atoms. The number of carbonyl (C=O) groups excluding carboxylic acids is 1. The van der Waals surface area contributed by atoms with E-state index in [4.69, 9.17) is 4.84 Å². The Kier molecular flexibility index (Phi) is 6.39. The van der Waals surface area contributed by atoms with Gasteiger partial charge in [-0.2, -0.15) is 0 Å². The fraction of sp³-hybridized carbons (Fsp3) is 0.364.